The molecule has 13 heteroatoms. The van der Waals surface area contributed by atoms with E-state index in [4.69, 9.17) is 4.74 Å². The first-order valence-corrected chi connectivity index (χ1v) is 13.6. The normalized spacial score (nSPS) is 11.7. The molecule has 1 heterocycles. The number of nitrogens with one attached hydrogen (secondary N) is 4. The third-order valence-electron chi connectivity index (χ3n) is 5.76. The van der Waals surface area contributed by atoms with Gasteiger partial charge in [0.25, 0.3) is 15.9 Å². The summed E-state index contributed by atoms with van der Waals surface area (Å²) in [6, 6.07) is 14.6. The fraction of sp³-hybridized carbons (Fsp3) is 0.185. The number of carbonyl (C=O) groups excluding carboxylic acids is 1. The number of aromatic amines is 1. The van der Waals surface area contributed by atoms with Gasteiger partial charge in [-0.15, -0.1) is 0 Å². The van der Waals surface area contributed by atoms with Crippen LogP contribution in [0.1, 0.15) is 22.8 Å². The lowest BCUT2D eigenvalue weighted by atomic mass is 10.1. The van der Waals surface area contributed by atoms with Crippen LogP contribution in [0.25, 0.3) is 10.9 Å². The first kappa shape index (κ1) is 28.5. The second kappa shape index (κ2) is 11.7. The highest BCUT2D eigenvalue weighted by Gasteiger charge is 2.30. The van der Waals surface area contributed by atoms with Crippen molar-refractivity contribution in [3.63, 3.8) is 0 Å². The molecule has 9 nitrogen and oxygen atoms in total. The van der Waals surface area contributed by atoms with Gasteiger partial charge in [0.2, 0.25) is 5.43 Å². The zero-order chi connectivity index (χ0) is 28.9. The summed E-state index contributed by atoms with van der Waals surface area (Å²) < 4.78 is 72.4. The minimum atomic E-state index is -4.65. The van der Waals surface area contributed by atoms with Crippen LogP contribution in [0, 0.1) is 0 Å². The van der Waals surface area contributed by atoms with Gasteiger partial charge in [0.15, 0.2) is 0 Å². The van der Waals surface area contributed by atoms with Crippen LogP contribution in [0.15, 0.2) is 82.6 Å². The molecule has 0 aliphatic heterocycles. The molecule has 0 bridgehead atoms. The number of hydrogen-bond donors (Lipinski definition) is 4. The van der Waals surface area contributed by atoms with Crippen molar-refractivity contribution in [1.29, 1.82) is 0 Å². The van der Waals surface area contributed by atoms with Crippen molar-refractivity contribution < 1.29 is 31.1 Å². The van der Waals surface area contributed by atoms with Crippen molar-refractivity contribution >= 4 is 38.2 Å². The molecule has 0 unspecified atom stereocenters. The van der Waals surface area contributed by atoms with Crippen molar-refractivity contribution in [2.75, 3.05) is 29.7 Å². The van der Waals surface area contributed by atoms with E-state index < -0.39 is 33.1 Å². The molecule has 1 amide bonds. The summed E-state index contributed by atoms with van der Waals surface area (Å²) in [5.41, 5.74) is -1.25. The first-order valence-electron chi connectivity index (χ1n) is 12.1. The lowest BCUT2D eigenvalue weighted by Crippen LogP contribution is -2.32. The summed E-state index contributed by atoms with van der Waals surface area (Å²) in [5, 5.41) is 5.70. The zero-order valence-corrected chi connectivity index (χ0v) is 21.9. The van der Waals surface area contributed by atoms with Crippen LogP contribution in [0.4, 0.5) is 24.5 Å². The predicted octanol–water partition coefficient (Wildman–Crippen LogP) is 4.59. The van der Waals surface area contributed by atoms with Gasteiger partial charge in [-0.3, -0.25) is 14.3 Å². The Hall–Kier alpha value is -4.52. The average molecular weight is 575 g/mol. The van der Waals surface area contributed by atoms with Crippen molar-refractivity contribution in [2.45, 2.75) is 18.0 Å². The number of amides is 1. The Labute approximate surface area is 227 Å². The maximum atomic E-state index is 13.1. The van der Waals surface area contributed by atoms with E-state index in [1.54, 1.807) is 0 Å². The van der Waals surface area contributed by atoms with E-state index in [0.717, 1.165) is 23.9 Å². The zero-order valence-electron chi connectivity index (χ0n) is 21.1. The molecule has 0 radical (unpaired) electrons. The monoisotopic (exact) mass is 574 g/mol. The molecule has 0 aliphatic carbocycles. The Morgan fingerprint density at radius 3 is 2.52 bits per heavy atom. The molecule has 4 rings (SSSR count). The summed E-state index contributed by atoms with van der Waals surface area (Å²) in [7, 11) is -4.36. The summed E-state index contributed by atoms with van der Waals surface area (Å²) in [6.07, 6.45) is -3.43. The van der Waals surface area contributed by atoms with Gasteiger partial charge in [0, 0.05) is 35.9 Å². The molecular formula is C27H25F3N4O5S. The van der Waals surface area contributed by atoms with Gasteiger partial charge < -0.3 is 20.4 Å². The average Bonchev–Trinajstić information content (AvgIpc) is 2.91. The summed E-state index contributed by atoms with van der Waals surface area (Å²) in [5.74, 6) is -0.00556. The number of hydrogen-bond acceptors (Lipinski definition) is 6. The third kappa shape index (κ3) is 6.54. The van der Waals surface area contributed by atoms with Crippen LogP contribution in [0.3, 0.4) is 0 Å². The van der Waals surface area contributed by atoms with Crippen LogP contribution in [-0.4, -0.2) is 39.0 Å². The van der Waals surface area contributed by atoms with Gasteiger partial charge in [-0.25, -0.2) is 8.42 Å². The highest BCUT2D eigenvalue weighted by molar-refractivity contribution is 7.92. The molecule has 0 fully saturated rings. The number of ether oxygens (including phenoxy) is 1. The molecule has 4 N–H and O–H groups in total. The first-order chi connectivity index (χ1) is 19.0. The molecule has 0 spiro atoms. The fourth-order valence-electron chi connectivity index (χ4n) is 3.87. The Morgan fingerprint density at radius 2 is 1.77 bits per heavy atom. The minimum absolute atomic E-state index is 0.0802. The highest BCUT2D eigenvalue weighted by atomic mass is 32.2. The number of anilines is 2. The summed E-state index contributed by atoms with van der Waals surface area (Å²) >= 11 is 0. The largest absolute Gasteiger partial charge is 0.492 e. The van der Waals surface area contributed by atoms with Gasteiger partial charge in [0.05, 0.1) is 22.8 Å². The van der Waals surface area contributed by atoms with Crippen LogP contribution in [0.2, 0.25) is 0 Å². The fourth-order valence-corrected chi connectivity index (χ4v) is 4.94. The molecule has 210 valence electrons. The molecule has 0 saturated heterocycles. The van der Waals surface area contributed by atoms with Gasteiger partial charge in [-0.05, 0) is 55.5 Å². The highest BCUT2D eigenvalue weighted by Crippen LogP contribution is 2.31. The van der Waals surface area contributed by atoms with Gasteiger partial charge in [-0.1, -0.05) is 18.2 Å². The van der Waals surface area contributed by atoms with E-state index in [-0.39, 0.29) is 33.6 Å². The number of carbonyl (C=O) groups is 1. The number of alkyl halides is 3. The van der Waals surface area contributed by atoms with E-state index in [9.17, 15) is 31.2 Å². The number of rotatable bonds is 10. The molecule has 4 aromatic rings. The van der Waals surface area contributed by atoms with Gasteiger partial charge in [-0.2, -0.15) is 13.2 Å². The van der Waals surface area contributed by atoms with E-state index in [1.165, 1.54) is 24.4 Å². The minimum Gasteiger partial charge on any atom is -0.492 e. The van der Waals surface area contributed by atoms with Crippen LogP contribution in [-0.2, 0) is 16.2 Å². The SMILES string of the molecule is CCOc1ccccc1NCCNC(=O)c1c[nH]c2ccc(S(=O)(=O)Nc3cccc(C(F)(F)F)c3)cc2c1=O. The lowest BCUT2D eigenvalue weighted by molar-refractivity contribution is -0.137. The number of benzene rings is 3. The van der Waals surface area contributed by atoms with E-state index in [2.05, 4.69) is 20.3 Å². The van der Waals surface area contributed by atoms with Crippen LogP contribution in [0.5, 0.6) is 5.75 Å². The molecule has 40 heavy (non-hydrogen) atoms. The number of aromatic nitrogens is 1. The Morgan fingerprint density at radius 1 is 1.00 bits per heavy atom. The van der Waals surface area contributed by atoms with E-state index in [1.807, 2.05) is 31.2 Å². The topological polar surface area (TPSA) is 129 Å². The molecule has 0 saturated carbocycles. The van der Waals surface area contributed by atoms with Crippen LogP contribution < -0.4 is 25.5 Å². The molecule has 0 atom stereocenters. The number of sulfonamides is 1. The molecule has 1 aromatic heterocycles. The van der Waals surface area contributed by atoms with Crippen molar-refractivity contribution in [2.24, 2.45) is 0 Å². The van der Waals surface area contributed by atoms with E-state index >= 15 is 0 Å². The number of fused-ring (bicyclic) bond motifs is 1. The third-order valence-corrected chi connectivity index (χ3v) is 7.14. The quantitative estimate of drug-likeness (QED) is 0.205. The maximum absolute atomic E-state index is 13.1. The molecule has 0 aliphatic rings. The summed E-state index contributed by atoms with van der Waals surface area (Å²) in [4.78, 5) is 28.2. The van der Waals surface area contributed by atoms with Crippen LogP contribution >= 0.6 is 0 Å². The van der Waals surface area contributed by atoms with E-state index in [0.29, 0.717) is 25.0 Å². The van der Waals surface area contributed by atoms with Crippen molar-refractivity contribution in [3.05, 3.63) is 94.3 Å². The Kier molecular flexibility index (Phi) is 8.33. The van der Waals surface area contributed by atoms with Crippen molar-refractivity contribution in [3.8, 4) is 5.75 Å². The predicted molar refractivity (Wildman–Crippen MR) is 145 cm³/mol. The molecule has 3 aromatic carbocycles. The second-order valence-electron chi connectivity index (χ2n) is 8.53. The van der Waals surface area contributed by atoms with Gasteiger partial charge >= 0.3 is 6.18 Å². The number of H-pyrrole nitrogens is 1. The smallest absolute Gasteiger partial charge is 0.416 e. The van der Waals surface area contributed by atoms with Gasteiger partial charge in [0.1, 0.15) is 11.3 Å². The van der Waals surface area contributed by atoms with Crippen molar-refractivity contribution in [1.82, 2.24) is 10.3 Å². The summed E-state index contributed by atoms with van der Waals surface area (Å²) in [6.45, 7) is 2.87. The second-order valence-corrected chi connectivity index (χ2v) is 10.2. The molecular weight excluding hydrogens is 549 g/mol. The number of halogens is 3. The number of pyridine rings is 1. The maximum Gasteiger partial charge on any atom is 0.416 e. The standard InChI is InChI=1S/C27H25F3N4O5S/c1-2-39-24-9-4-3-8-23(24)31-12-13-32-26(36)21-16-33-22-11-10-19(15-20(22)25(21)35)40(37,38)34-18-7-5-6-17(14-18)27(28,29)30/h3-11,14-16,31,34H,2,12-13H2,1H3,(H,32,36)(H,33,35). The lowest BCUT2D eigenvalue weighted by Gasteiger charge is -2.13. The Bertz CT molecular complexity index is 1700. The Balaban J connectivity index is 1.49. The number of para-hydroxylation sites is 2.